The van der Waals surface area contributed by atoms with Crippen LogP contribution in [0.4, 0.5) is 11.4 Å². The van der Waals surface area contributed by atoms with Gasteiger partial charge >= 0.3 is 0 Å². The molecule has 1 amide bonds. The largest absolute Gasteiger partial charge is 0.366 e. The van der Waals surface area contributed by atoms with Crippen molar-refractivity contribution in [2.75, 3.05) is 5.32 Å². The molecule has 0 spiro atoms. The Balaban J connectivity index is 1.83. The number of ketones is 1. The number of carbonyl (C=O) groups is 2. The van der Waals surface area contributed by atoms with Gasteiger partial charge in [-0.3, -0.25) is 14.6 Å². The maximum absolute atomic E-state index is 12.7. The van der Waals surface area contributed by atoms with Gasteiger partial charge in [0.05, 0.1) is 45.8 Å². The van der Waals surface area contributed by atoms with Crippen molar-refractivity contribution in [3.63, 3.8) is 0 Å². The van der Waals surface area contributed by atoms with E-state index in [0.717, 1.165) is 29.2 Å². The van der Waals surface area contributed by atoms with Crippen LogP contribution >= 0.6 is 0 Å². The SMILES string of the molecule is Cc1nn(-c2ccc(C(N)=O)c(Nc3cccnc3)c2)c2c1C(=O)CC(C)(C)C2. The number of rotatable bonds is 4. The Hall–Kier alpha value is -3.48. The molecule has 0 radical (unpaired) electrons. The Morgan fingerprint density at radius 2 is 2.03 bits per heavy atom. The van der Waals surface area contributed by atoms with E-state index in [1.54, 1.807) is 30.6 Å². The molecule has 4 rings (SSSR count). The molecule has 148 valence electrons. The zero-order chi connectivity index (χ0) is 20.8. The molecule has 29 heavy (non-hydrogen) atoms. The van der Waals surface area contributed by atoms with E-state index in [4.69, 9.17) is 5.73 Å². The van der Waals surface area contributed by atoms with Gasteiger partial charge in [-0.25, -0.2) is 4.68 Å². The van der Waals surface area contributed by atoms with Crippen LogP contribution in [-0.2, 0) is 6.42 Å². The van der Waals surface area contributed by atoms with Crippen molar-refractivity contribution in [3.8, 4) is 5.69 Å². The lowest BCUT2D eigenvalue weighted by Crippen LogP contribution is -2.28. The number of primary amides is 1. The van der Waals surface area contributed by atoms with Crippen molar-refractivity contribution in [2.45, 2.75) is 33.6 Å². The maximum Gasteiger partial charge on any atom is 0.250 e. The number of aryl methyl sites for hydroxylation is 1. The van der Waals surface area contributed by atoms with Crippen molar-refractivity contribution < 1.29 is 9.59 Å². The van der Waals surface area contributed by atoms with Gasteiger partial charge in [0, 0.05) is 12.6 Å². The third-order valence-electron chi connectivity index (χ3n) is 5.17. The highest BCUT2D eigenvalue weighted by Crippen LogP contribution is 2.37. The minimum Gasteiger partial charge on any atom is -0.366 e. The van der Waals surface area contributed by atoms with Crippen LogP contribution in [0, 0.1) is 12.3 Å². The number of fused-ring (bicyclic) bond motifs is 1. The molecule has 2 aromatic heterocycles. The minimum absolute atomic E-state index is 0.127. The van der Waals surface area contributed by atoms with Gasteiger partial charge in [0.2, 0.25) is 0 Å². The molecule has 2 heterocycles. The van der Waals surface area contributed by atoms with Gasteiger partial charge in [-0.1, -0.05) is 13.8 Å². The molecule has 0 unspecified atom stereocenters. The normalized spacial score (nSPS) is 15.1. The van der Waals surface area contributed by atoms with Gasteiger partial charge in [0.15, 0.2) is 5.78 Å². The highest BCUT2D eigenvalue weighted by atomic mass is 16.1. The zero-order valence-electron chi connectivity index (χ0n) is 16.7. The van der Waals surface area contributed by atoms with Crippen LogP contribution < -0.4 is 11.1 Å². The first-order valence-electron chi connectivity index (χ1n) is 9.48. The van der Waals surface area contributed by atoms with Crippen LogP contribution in [0.2, 0.25) is 0 Å². The standard InChI is InChI=1S/C22H23N5O2/c1-13-20-18(10-22(2,3)11-19(20)28)27(26-13)15-6-7-16(21(23)29)17(9-15)25-14-5-4-8-24-12-14/h4-9,12,25H,10-11H2,1-3H3,(H2,23,29). The van der Waals surface area contributed by atoms with Gasteiger partial charge < -0.3 is 11.1 Å². The van der Waals surface area contributed by atoms with E-state index in [1.165, 1.54) is 0 Å². The predicted molar refractivity (Wildman–Crippen MR) is 111 cm³/mol. The molecule has 1 aliphatic carbocycles. The Labute approximate surface area is 168 Å². The van der Waals surface area contributed by atoms with Crippen LogP contribution in [0.5, 0.6) is 0 Å². The highest BCUT2D eigenvalue weighted by Gasteiger charge is 2.35. The molecule has 3 N–H and O–H groups in total. The summed E-state index contributed by atoms with van der Waals surface area (Å²) in [4.78, 5) is 28.7. The van der Waals surface area contributed by atoms with E-state index in [0.29, 0.717) is 23.2 Å². The second-order valence-electron chi connectivity index (χ2n) is 8.22. The molecule has 0 aliphatic heterocycles. The fourth-order valence-corrected chi connectivity index (χ4v) is 3.93. The summed E-state index contributed by atoms with van der Waals surface area (Å²) in [6, 6.07) is 8.96. The number of hydrogen-bond acceptors (Lipinski definition) is 5. The van der Waals surface area contributed by atoms with Gasteiger partial charge in [0.25, 0.3) is 5.91 Å². The lowest BCUT2D eigenvalue weighted by Gasteiger charge is -2.29. The molecule has 7 nitrogen and oxygen atoms in total. The highest BCUT2D eigenvalue weighted by molar-refractivity contribution is 6.01. The molecular weight excluding hydrogens is 366 g/mol. The third kappa shape index (κ3) is 3.51. The predicted octanol–water partition coefficient (Wildman–Crippen LogP) is 3.57. The van der Waals surface area contributed by atoms with E-state index < -0.39 is 5.91 Å². The summed E-state index contributed by atoms with van der Waals surface area (Å²) in [5.41, 5.74) is 10.2. The maximum atomic E-state index is 12.7. The number of hydrogen-bond donors (Lipinski definition) is 2. The van der Waals surface area contributed by atoms with Crippen LogP contribution in [0.25, 0.3) is 5.69 Å². The molecule has 0 fully saturated rings. The van der Waals surface area contributed by atoms with Crippen LogP contribution in [0.15, 0.2) is 42.7 Å². The molecule has 0 atom stereocenters. The van der Waals surface area contributed by atoms with Crippen LogP contribution in [0.1, 0.15) is 52.4 Å². The Morgan fingerprint density at radius 3 is 2.72 bits per heavy atom. The quantitative estimate of drug-likeness (QED) is 0.710. The first-order valence-corrected chi connectivity index (χ1v) is 9.48. The second kappa shape index (κ2) is 6.84. The number of anilines is 2. The number of aromatic nitrogens is 3. The number of benzene rings is 1. The molecular formula is C22H23N5O2. The average molecular weight is 389 g/mol. The van der Waals surface area contributed by atoms with Crippen LogP contribution in [0.3, 0.4) is 0 Å². The molecule has 1 aromatic carbocycles. The van der Waals surface area contributed by atoms with Gasteiger partial charge in [-0.15, -0.1) is 0 Å². The van der Waals surface area contributed by atoms with Crippen molar-refractivity contribution in [3.05, 3.63) is 65.2 Å². The third-order valence-corrected chi connectivity index (χ3v) is 5.17. The fraction of sp³-hybridized carbons (Fsp3) is 0.273. The summed E-state index contributed by atoms with van der Waals surface area (Å²) in [6.45, 7) is 6.04. The van der Waals surface area contributed by atoms with E-state index in [2.05, 4.69) is 29.2 Å². The van der Waals surface area contributed by atoms with Crippen molar-refractivity contribution in [1.29, 1.82) is 0 Å². The molecule has 1 aliphatic rings. The number of nitrogens with one attached hydrogen (secondary N) is 1. The number of nitrogens with two attached hydrogens (primary N) is 1. The van der Waals surface area contributed by atoms with Gasteiger partial charge in [-0.2, -0.15) is 5.10 Å². The second-order valence-corrected chi connectivity index (χ2v) is 8.22. The number of Topliss-reactive ketones (excluding diaryl/α,β-unsaturated/α-hetero) is 1. The molecule has 3 aromatic rings. The Morgan fingerprint density at radius 1 is 1.24 bits per heavy atom. The molecule has 7 heteroatoms. The fourth-order valence-electron chi connectivity index (χ4n) is 3.93. The molecule has 0 saturated carbocycles. The first-order chi connectivity index (χ1) is 13.7. The van der Waals surface area contributed by atoms with Crippen LogP contribution in [-0.4, -0.2) is 26.5 Å². The van der Waals surface area contributed by atoms with E-state index in [1.807, 2.05) is 23.7 Å². The number of amides is 1. The summed E-state index contributed by atoms with van der Waals surface area (Å²) < 4.78 is 1.81. The summed E-state index contributed by atoms with van der Waals surface area (Å²) >= 11 is 0. The molecule has 0 saturated heterocycles. The summed E-state index contributed by atoms with van der Waals surface area (Å²) in [5, 5.41) is 7.85. The summed E-state index contributed by atoms with van der Waals surface area (Å²) in [7, 11) is 0. The lowest BCUT2D eigenvalue weighted by molar-refractivity contribution is 0.0909. The van der Waals surface area contributed by atoms with Crippen molar-refractivity contribution in [1.82, 2.24) is 14.8 Å². The van der Waals surface area contributed by atoms with E-state index in [-0.39, 0.29) is 11.2 Å². The van der Waals surface area contributed by atoms with Gasteiger partial charge in [0.1, 0.15) is 0 Å². The zero-order valence-corrected chi connectivity index (χ0v) is 16.7. The van der Waals surface area contributed by atoms with Gasteiger partial charge in [-0.05, 0) is 49.1 Å². The number of carbonyl (C=O) groups excluding carboxylic acids is 2. The monoisotopic (exact) mass is 389 g/mol. The number of nitrogens with zero attached hydrogens (tertiary/aromatic N) is 3. The first kappa shape index (κ1) is 18.9. The van der Waals surface area contributed by atoms with E-state index in [9.17, 15) is 9.59 Å². The van der Waals surface area contributed by atoms with Crippen molar-refractivity contribution >= 4 is 23.1 Å². The Kier molecular flexibility index (Phi) is 4.45. The lowest BCUT2D eigenvalue weighted by atomic mass is 9.75. The van der Waals surface area contributed by atoms with Crippen molar-refractivity contribution in [2.24, 2.45) is 11.1 Å². The van der Waals surface area contributed by atoms with E-state index >= 15 is 0 Å². The smallest absolute Gasteiger partial charge is 0.250 e. The topological polar surface area (TPSA) is 103 Å². The minimum atomic E-state index is -0.530. The summed E-state index contributed by atoms with van der Waals surface area (Å²) in [5.74, 6) is -0.402. The number of pyridine rings is 1. The average Bonchev–Trinajstić information content (AvgIpc) is 2.97. The Bertz CT molecular complexity index is 1120. The molecule has 0 bridgehead atoms. The summed E-state index contributed by atoms with van der Waals surface area (Å²) in [6.07, 6.45) is 4.60.